The molecule has 0 aliphatic heterocycles. The Hall–Kier alpha value is -2.41. The van der Waals surface area contributed by atoms with Gasteiger partial charge in [-0.2, -0.15) is 5.10 Å². The zero-order valence-corrected chi connectivity index (χ0v) is 14.4. The molecule has 0 radical (unpaired) electrons. The second-order valence-electron chi connectivity index (χ2n) is 4.91. The van der Waals surface area contributed by atoms with Crippen molar-refractivity contribution in [2.24, 2.45) is 5.10 Å². The predicted molar refractivity (Wildman–Crippen MR) is 96.8 cm³/mol. The number of nitrogens with one attached hydrogen (secondary N) is 2. The van der Waals surface area contributed by atoms with Crippen molar-refractivity contribution in [3.8, 4) is 5.75 Å². The van der Waals surface area contributed by atoms with E-state index in [1.54, 1.807) is 32.3 Å². The minimum atomic E-state index is -0.0865. The lowest BCUT2D eigenvalue weighted by Gasteiger charge is -2.11. The summed E-state index contributed by atoms with van der Waals surface area (Å²) in [7, 11) is 3.38. The topological polar surface area (TPSA) is 66.0 Å². The largest absolute Gasteiger partial charge is 0.484 e. The Labute approximate surface area is 142 Å². The normalized spacial score (nSPS) is 10.7. The van der Waals surface area contributed by atoms with Crippen molar-refractivity contribution in [1.29, 1.82) is 0 Å². The Bertz CT molecular complexity index is 582. The molecular weight excluding hydrogens is 312 g/mol. The lowest BCUT2D eigenvalue weighted by Crippen LogP contribution is -2.32. The van der Waals surface area contributed by atoms with Gasteiger partial charge in [0.1, 0.15) is 5.75 Å². The van der Waals surface area contributed by atoms with Gasteiger partial charge in [-0.05, 0) is 49.0 Å². The van der Waals surface area contributed by atoms with Gasteiger partial charge in [0.05, 0.1) is 5.71 Å². The average Bonchev–Trinajstić information content (AvgIpc) is 2.55. The monoisotopic (exact) mass is 334 g/mol. The number of carbonyl (C=O) groups is 1. The lowest BCUT2D eigenvalue weighted by atomic mass is 10.1. The average molecular weight is 334 g/mol. The zero-order chi connectivity index (χ0) is 17.2. The van der Waals surface area contributed by atoms with Crippen LogP contribution >= 0.6 is 12.2 Å². The maximum absolute atomic E-state index is 11.5. The summed E-state index contributed by atoms with van der Waals surface area (Å²) in [4.78, 5) is 13.0. The molecule has 23 heavy (non-hydrogen) atoms. The van der Waals surface area contributed by atoms with Crippen LogP contribution in [0.1, 0.15) is 12.5 Å². The molecule has 0 saturated carbocycles. The quantitative estimate of drug-likeness (QED) is 0.343. The van der Waals surface area contributed by atoms with Crippen molar-refractivity contribution in [3.63, 3.8) is 0 Å². The second kappa shape index (κ2) is 9.58. The first-order chi connectivity index (χ1) is 10.9. The first-order valence-corrected chi connectivity index (χ1v) is 7.47. The molecule has 1 rings (SSSR count). The molecule has 6 nitrogen and oxygen atoms in total. The van der Waals surface area contributed by atoms with Crippen molar-refractivity contribution in [3.05, 3.63) is 42.5 Å². The summed E-state index contributed by atoms with van der Waals surface area (Å²) in [5.41, 5.74) is 4.47. The molecule has 2 N–H and O–H groups in total. The van der Waals surface area contributed by atoms with E-state index in [9.17, 15) is 4.79 Å². The zero-order valence-electron chi connectivity index (χ0n) is 13.6. The fourth-order valence-electron chi connectivity index (χ4n) is 1.47. The van der Waals surface area contributed by atoms with Crippen LogP contribution in [0.4, 0.5) is 0 Å². The fraction of sp³-hybridized carbons (Fsp3) is 0.312. The van der Waals surface area contributed by atoms with E-state index in [4.69, 9.17) is 17.0 Å². The van der Waals surface area contributed by atoms with Crippen molar-refractivity contribution < 1.29 is 9.53 Å². The molecule has 0 saturated heterocycles. The summed E-state index contributed by atoms with van der Waals surface area (Å²) in [6.45, 7) is 6.07. The molecule has 7 heteroatoms. The molecule has 1 aromatic carbocycles. The van der Waals surface area contributed by atoms with Gasteiger partial charge in [-0.25, -0.2) is 0 Å². The number of likely N-dealkylation sites (N-methyl/N-ethyl adjacent to an activating group) is 1. The smallest absolute Gasteiger partial charge is 0.259 e. The summed E-state index contributed by atoms with van der Waals surface area (Å²) in [6, 6.07) is 7.34. The molecular formula is C16H22N4O2S. The van der Waals surface area contributed by atoms with E-state index in [1.807, 2.05) is 19.1 Å². The Kier molecular flexibility index (Phi) is 7.76. The second-order valence-corrected chi connectivity index (χ2v) is 5.32. The van der Waals surface area contributed by atoms with Gasteiger partial charge in [-0.3, -0.25) is 10.2 Å². The number of hydrogen-bond donors (Lipinski definition) is 2. The van der Waals surface area contributed by atoms with E-state index in [0.717, 1.165) is 11.3 Å². The summed E-state index contributed by atoms with van der Waals surface area (Å²) in [6.07, 6.45) is 1.71. The van der Waals surface area contributed by atoms with Crippen LogP contribution in [-0.4, -0.2) is 48.9 Å². The predicted octanol–water partition coefficient (Wildman–Crippen LogP) is 1.53. The van der Waals surface area contributed by atoms with Crippen LogP contribution in [0, 0.1) is 0 Å². The third kappa shape index (κ3) is 6.92. The number of benzene rings is 1. The van der Waals surface area contributed by atoms with E-state index < -0.39 is 0 Å². The standard InChI is InChI=1S/C16H22N4O2S/c1-5-10-17-16(23)19-18-12(2)13-6-8-14(9-7-13)22-11-15(21)20(3)4/h5-9H,1,10-11H2,2-4H3,(H2,17,19,23)/b18-12-. The molecule has 0 fully saturated rings. The first-order valence-electron chi connectivity index (χ1n) is 7.06. The first kappa shape index (κ1) is 18.6. The summed E-state index contributed by atoms with van der Waals surface area (Å²) in [5, 5.41) is 7.56. The minimum Gasteiger partial charge on any atom is -0.484 e. The van der Waals surface area contributed by atoms with E-state index in [-0.39, 0.29) is 12.5 Å². The van der Waals surface area contributed by atoms with Gasteiger partial charge in [-0.1, -0.05) is 6.08 Å². The molecule has 0 unspecified atom stereocenters. The van der Waals surface area contributed by atoms with Gasteiger partial charge in [0.15, 0.2) is 11.7 Å². The van der Waals surface area contributed by atoms with Crippen LogP contribution in [-0.2, 0) is 4.79 Å². The highest BCUT2D eigenvalue weighted by Crippen LogP contribution is 2.12. The molecule has 0 aliphatic rings. The van der Waals surface area contributed by atoms with Gasteiger partial charge < -0.3 is 15.0 Å². The van der Waals surface area contributed by atoms with Gasteiger partial charge in [0, 0.05) is 20.6 Å². The molecule has 0 heterocycles. The number of ether oxygens (including phenoxy) is 1. The van der Waals surface area contributed by atoms with Crippen molar-refractivity contribution in [2.45, 2.75) is 6.92 Å². The molecule has 0 bridgehead atoms. The van der Waals surface area contributed by atoms with E-state index in [1.165, 1.54) is 4.90 Å². The number of nitrogens with zero attached hydrogens (tertiary/aromatic N) is 2. The van der Waals surface area contributed by atoms with Crippen molar-refractivity contribution >= 4 is 28.9 Å². The SMILES string of the molecule is C=CCNC(=S)N/N=C(/C)c1ccc(OCC(=O)N(C)C)cc1. The fourth-order valence-corrected chi connectivity index (χ4v) is 1.60. The maximum Gasteiger partial charge on any atom is 0.259 e. The Balaban J connectivity index is 2.56. The molecule has 0 aromatic heterocycles. The molecule has 0 atom stereocenters. The van der Waals surface area contributed by atoms with Crippen LogP contribution in [0.3, 0.4) is 0 Å². The van der Waals surface area contributed by atoms with Gasteiger partial charge in [0.25, 0.3) is 5.91 Å². The van der Waals surface area contributed by atoms with Crippen LogP contribution in [0.5, 0.6) is 5.75 Å². The highest BCUT2D eigenvalue weighted by Gasteiger charge is 2.05. The van der Waals surface area contributed by atoms with Crippen LogP contribution in [0.2, 0.25) is 0 Å². The van der Waals surface area contributed by atoms with Crippen LogP contribution in [0.15, 0.2) is 42.0 Å². The van der Waals surface area contributed by atoms with Gasteiger partial charge in [-0.15, -0.1) is 6.58 Å². The van der Waals surface area contributed by atoms with E-state index in [2.05, 4.69) is 22.4 Å². The number of amides is 1. The van der Waals surface area contributed by atoms with Crippen molar-refractivity contribution in [2.75, 3.05) is 27.2 Å². The lowest BCUT2D eigenvalue weighted by molar-refractivity contribution is -0.130. The molecule has 0 aliphatic carbocycles. The third-order valence-electron chi connectivity index (χ3n) is 2.87. The minimum absolute atomic E-state index is 0.0181. The summed E-state index contributed by atoms with van der Waals surface area (Å²) < 4.78 is 5.42. The number of rotatable bonds is 7. The Morgan fingerprint density at radius 2 is 2.04 bits per heavy atom. The van der Waals surface area contributed by atoms with Crippen LogP contribution < -0.4 is 15.5 Å². The molecule has 1 aromatic rings. The number of carbonyl (C=O) groups excluding carboxylic acids is 1. The Morgan fingerprint density at radius 3 is 2.61 bits per heavy atom. The molecule has 1 amide bonds. The molecule has 0 spiro atoms. The summed E-state index contributed by atoms with van der Waals surface area (Å²) in [5.74, 6) is 0.546. The van der Waals surface area contributed by atoms with E-state index in [0.29, 0.717) is 17.4 Å². The summed E-state index contributed by atoms with van der Waals surface area (Å²) >= 11 is 5.06. The number of thiocarbonyl (C=S) groups is 1. The molecule has 124 valence electrons. The highest BCUT2D eigenvalue weighted by atomic mass is 32.1. The Morgan fingerprint density at radius 1 is 1.39 bits per heavy atom. The van der Waals surface area contributed by atoms with Crippen molar-refractivity contribution in [1.82, 2.24) is 15.6 Å². The van der Waals surface area contributed by atoms with Crippen LogP contribution in [0.25, 0.3) is 0 Å². The highest BCUT2D eigenvalue weighted by molar-refractivity contribution is 7.80. The van der Waals surface area contributed by atoms with Gasteiger partial charge >= 0.3 is 0 Å². The maximum atomic E-state index is 11.5. The van der Waals surface area contributed by atoms with Gasteiger partial charge in [0.2, 0.25) is 0 Å². The number of hydrazone groups is 1. The third-order valence-corrected chi connectivity index (χ3v) is 3.10. The van der Waals surface area contributed by atoms with E-state index >= 15 is 0 Å². The number of hydrogen-bond acceptors (Lipinski definition) is 4.